The van der Waals surface area contributed by atoms with Gasteiger partial charge in [0.05, 0.1) is 4.92 Å². The molecule has 2 rings (SSSR count). The van der Waals surface area contributed by atoms with Crippen molar-refractivity contribution in [1.29, 1.82) is 0 Å². The standard InChI is InChI=1S/C14H14N4O3/c1-3-7-17-8-6-15-13(17)14(19)16-11-5-4-10(2)12(9-11)18(20)21/h3-6,8-9H,1,7H2,2H3,(H,16,19). The van der Waals surface area contributed by atoms with E-state index in [-0.39, 0.29) is 11.5 Å². The molecule has 0 radical (unpaired) electrons. The molecule has 1 aromatic carbocycles. The summed E-state index contributed by atoms with van der Waals surface area (Å²) in [6.45, 7) is 5.70. The Morgan fingerprint density at radius 2 is 2.33 bits per heavy atom. The number of benzene rings is 1. The van der Waals surface area contributed by atoms with Crippen LogP contribution in [0.3, 0.4) is 0 Å². The van der Waals surface area contributed by atoms with Gasteiger partial charge in [-0.2, -0.15) is 0 Å². The van der Waals surface area contributed by atoms with E-state index in [1.165, 1.54) is 12.3 Å². The monoisotopic (exact) mass is 286 g/mol. The molecule has 2 aromatic rings. The first-order chi connectivity index (χ1) is 10.0. The smallest absolute Gasteiger partial charge is 0.291 e. The minimum absolute atomic E-state index is 0.0396. The summed E-state index contributed by atoms with van der Waals surface area (Å²) < 4.78 is 1.63. The molecule has 0 bridgehead atoms. The number of anilines is 1. The van der Waals surface area contributed by atoms with Crippen LogP contribution in [0, 0.1) is 17.0 Å². The van der Waals surface area contributed by atoms with Gasteiger partial charge in [-0.25, -0.2) is 4.98 Å². The van der Waals surface area contributed by atoms with Gasteiger partial charge in [-0.15, -0.1) is 6.58 Å². The van der Waals surface area contributed by atoms with Gasteiger partial charge < -0.3 is 9.88 Å². The SMILES string of the molecule is C=CCn1ccnc1C(=O)Nc1ccc(C)c([N+](=O)[O-])c1. The number of rotatable bonds is 5. The van der Waals surface area contributed by atoms with E-state index in [2.05, 4.69) is 16.9 Å². The molecule has 0 fully saturated rings. The lowest BCUT2D eigenvalue weighted by Gasteiger charge is -2.07. The summed E-state index contributed by atoms with van der Waals surface area (Å²) in [6.07, 6.45) is 4.82. The first-order valence-corrected chi connectivity index (χ1v) is 6.21. The number of carbonyl (C=O) groups excluding carboxylic acids is 1. The molecule has 0 aliphatic heterocycles. The number of nitro benzene ring substituents is 1. The molecule has 108 valence electrons. The van der Waals surface area contributed by atoms with Crippen LogP contribution in [0.4, 0.5) is 11.4 Å². The average Bonchev–Trinajstić information content (AvgIpc) is 2.89. The Balaban J connectivity index is 2.23. The topological polar surface area (TPSA) is 90.1 Å². The summed E-state index contributed by atoms with van der Waals surface area (Å²) in [4.78, 5) is 26.5. The zero-order chi connectivity index (χ0) is 15.4. The fraction of sp³-hybridized carbons (Fsp3) is 0.143. The molecule has 1 aromatic heterocycles. The Morgan fingerprint density at radius 1 is 1.57 bits per heavy atom. The van der Waals surface area contributed by atoms with E-state index in [4.69, 9.17) is 0 Å². The van der Waals surface area contributed by atoms with E-state index in [0.717, 1.165) is 0 Å². The molecule has 7 nitrogen and oxygen atoms in total. The number of amides is 1. The van der Waals surface area contributed by atoms with E-state index in [0.29, 0.717) is 17.8 Å². The molecule has 0 aliphatic carbocycles. The number of imidazole rings is 1. The van der Waals surface area contributed by atoms with Gasteiger partial charge in [0.25, 0.3) is 11.6 Å². The Kier molecular flexibility index (Phi) is 4.13. The molecule has 1 amide bonds. The lowest BCUT2D eigenvalue weighted by Crippen LogP contribution is -2.18. The van der Waals surface area contributed by atoms with E-state index >= 15 is 0 Å². The second-order valence-electron chi connectivity index (χ2n) is 4.40. The van der Waals surface area contributed by atoms with E-state index in [1.807, 2.05) is 0 Å². The quantitative estimate of drug-likeness (QED) is 0.519. The Morgan fingerprint density at radius 3 is 3.00 bits per heavy atom. The normalized spacial score (nSPS) is 10.1. The molecular formula is C14H14N4O3. The summed E-state index contributed by atoms with van der Waals surface area (Å²) in [5, 5.41) is 13.5. The number of nitrogens with zero attached hydrogens (tertiary/aromatic N) is 3. The maximum atomic E-state index is 12.1. The summed E-state index contributed by atoms with van der Waals surface area (Å²) in [5.41, 5.74) is 0.846. The number of hydrogen-bond acceptors (Lipinski definition) is 4. The van der Waals surface area contributed by atoms with Crippen molar-refractivity contribution in [3.63, 3.8) is 0 Å². The molecule has 0 saturated heterocycles. The summed E-state index contributed by atoms with van der Waals surface area (Å²) >= 11 is 0. The third kappa shape index (κ3) is 3.14. The number of nitro groups is 1. The van der Waals surface area contributed by atoms with Crippen LogP contribution < -0.4 is 5.32 Å². The zero-order valence-electron chi connectivity index (χ0n) is 11.4. The molecule has 0 spiro atoms. The Labute approximate surface area is 121 Å². The molecule has 0 saturated carbocycles. The van der Waals surface area contributed by atoms with Crippen LogP contribution in [0.1, 0.15) is 16.2 Å². The van der Waals surface area contributed by atoms with Gasteiger partial charge in [0.1, 0.15) is 0 Å². The number of carbonyl (C=O) groups is 1. The number of hydrogen-bond donors (Lipinski definition) is 1. The van der Waals surface area contributed by atoms with Crippen molar-refractivity contribution in [2.24, 2.45) is 0 Å². The van der Waals surface area contributed by atoms with Crippen LogP contribution in [-0.4, -0.2) is 20.4 Å². The van der Waals surface area contributed by atoms with Gasteiger partial charge in [-0.1, -0.05) is 12.1 Å². The molecular weight excluding hydrogens is 272 g/mol. The fourth-order valence-electron chi connectivity index (χ4n) is 1.88. The Bertz CT molecular complexity index is 706. The number of aromatic nitrogens is 2. The highest BCUT2D eigenvalue weighted by atomic mass is 16.6. The van der Waals surface area contributed by atoms with Gasteiger partial charge in [-0.05, 0) is 13.0 Å². The first kappa shape index (κ1) is 14.4. The molecule has 0 atom stereocenters. The van der Waals surface area contributed by atoms with E-state index < -0.39 is 10.8 Å². The van der Waals surface area contributed by atoms with Crippen LogP contribution in [0.2, 0.25) is 0 Å². The average molecular weight is 286 g/mol. The lowest BCUT2D eigenvalue weighted by atomic mass is 10.2. The van der Waals surface area contributed by atoms with Gasteiger partial charge in [0.15, 0.2) is 5.82 Å². The minimum Gasteiger partial charge on any atom is -0.323 e. The molecule has 1 heterocycles. The number of aryl methyl sites for hydroxylation is 1. The number of nitrogens with one attached hydrogen (secondary N) is 1. The highest BCUT2D eigenvalue weighted by Crippen LogP contribution is 2.22. The minimum atomic E-state index is -0.482. The summed E-state index contributed by atoms with van der Waals surface area (Å²) in [7, 11) is 0. The Hall–Kier alpha value is -2.96. The van der Waals surface area contributed by atoms with Crippen molar-refractivity contribution >= 4 is 17.3 Å². The zero-order valence-corrected chi connectivity index (χ0v) is 11.4. The van der Waals surface area contributed by atoms with Gasteiger partial charge in [-0.3, -0.25) is 14.9 Å². The highest BCUT2D eigenvalue weighted by Gasteiger charge is 2.15. The predicted octanol–water partition coefficient (Wildman–Crippen LogP) is 2.54. The second kappa shape index (κ2) is 6.00. The maximum absolute atomic E-state index is 12.1. The van der Waals surface area contributed by atoms with Gasteiger partial charge in [0, 0.05) is 36.3 Å². The van der Waals surface area contributed by atoms with Gasteiger partial charge in [0.2, 0.25) is 0 Å². The predicted molar refractivity (Wildman–Crippen MR) is 78.2 cm³/mol. The van der Waals surface area contributed by atoms with Crippen molar-refractivity contribution in [1.82, 2.24) is 9.55 Å². The van der Waals surface area contributed by atoms with Crippen molar-refractivity contribution in [3.8, 4) is 0 Å². The molecule has 21 heavy (non-hydrogen) atoms. The van der Waals surface area contributed by atoms with Crippen LogP contribution in [0.25, 0.3) is 0 Å². The van der Waals surface area contributed by atoms with E-state index in [1.54, 1.807) is 35.9 Å². The molecule has 0 aliphatic rings. The van der Waals surface area contributed by atoms with Crippen molar-refractivity contribution in [2.45, 2.75) is 13.5 Å². The summed E-state index contributed by atoms with van der Waals surface area (Å²) in [6, 6.07) is 4.53. The molecule has 7 heteroatoms. The van der Waals surface area contributed by atoms with Gasteiger partial charge >= 0.3 is 0 Å². The molecule has 0 unspecified atom stereocenters. The van der Waals surface area contributed by atoms with Crippen LogP contribution >= 0.6 is 0 Å². The number of allylic oxidation sites excluding steroid dienone is 1. The van der Waals surface area contributed by atoms with Crippen LogP contribution in [-0.2, 0) is 6.54 Å². The lowest BCUT2D eigenvalue weighted by molar-refractivity contribution is -0.385. The summed E-state index contributed by atoms with van der Waals surface area (Å²) in [5.74, 6) is -0.210. The third-order valence-electron chi connectivity index (χ3n) is 2.91. The van der Waals surface area contributed by atoms with Crippen molar-refractivity contribution < 1.29 is 9.72 Å². The second-order valence-corrected chi connectivity index (χ2v) is 4.40. The van der Waals surface area contributed by atoms with Crippen molar-refractivity contribution in [3.05, 3.63) is 64.7 Å². The first-order valence-electron chi connectivity index (χ1n) is 6.21. The fourth-order valence-corrected chi connectivity index (χ4v) is 1.88. The van der Waals surface area contributed by atoms with Crippen molar-refractivity contribution in [2.75, 3.05) is 5.32 Å². The van der Waals surface area contributed by atoms with Crippen LogP contribution in [0.15, 0.2) is 43.2 Å². The maximum Gasteiger partial charge on any atom is 0.291 e. The molecule has 1 N–H and O–H groups in total. The third-order valence-corrected chi connectivity index (χ3v) is 2.91. The highest BCUT2D eigenvalue weighted by molar-refractivity contribution is 6.02. The van der Waals surface area contributed by atoms with E-state index in [9.17, 15) is 14.9 Å². The van der Waals surface area contributed by atoms with Crippen LogP contribution in [0.5, 0.6) is 0 Å². The largest absolute Gasteiger partial charge is 0.323 e.